The van der Waals surface area contributed by atoms with Crippen molar-refractivity contribution >= 4 is 17.0 Å². The van der Waals surface area contributed by atoms with Gasteiger partial charge >= 0.3 is 0 Å². The third-order valence-electron chi connectivity index (χ3n) is 5.46. The van der Waals surface area contributed by atoms with E-state index in [1.165, 1.54) is 0 Å². The van der Waals surface area contributed by atoms with E-state index in [1.807, 2.05) is 39.0 Å². The lowest BCUT2D eigenvalue weighted by molar-refractivity contribution is 0.0941. The van der Waals surface area contributed by atoms with Gasteiger partial charge in [-0.3, -0.25) is 4.79 Å². The predicted molar refractivity (Wildman–Crippen MR) is 109 cm³/mol. The summed E-state index contributed by atoms with van der Waals surface area (Å²) in [4.78, 5) is 17.8. The molecule has 2 heterocycles. The van der Waals surface area contributed by atoms with Crippen molar-refractivity contribution in [3.05, 3.63) is 46.3 Å². The van der Waals surface area contributed by atoms with Crippen molar-refractivity contribution in [2.24, 2.45) is 0 Å². The van der Waals surface area contributed by atoms with Gasteiger partial charge in [0.25, 0.3) is 11.6 Å². The number of methoxy groups -OCH3 is 2. The SMILES string of the molecule is COc1cc(C)c(C(C)NC(=O)c2cc(C3CC3)nc3onc(C)c23)cc1OC. The van der Waals surface area contributed by atoms with Gasteiger partial charge in [-0.05, 0) is 62.9 Å². The first kappa shape index (κ1) is 19.2. The number of hydrogen-bond acceptors (Lipinski definition) is 6. The van der Waals surface area contributed by atoms with Gasteiger partial charge in [0.2, 0.25) is 0 Å². The van der Waals surface area contributed by atoms with E-state index in [4.69, 9.17) is 14.0 Å². The lowest BCUT2D eigenvalue weighted by Crippen LogP contribution is -2.27. The van der Waals surface area contributed by atoms with Crippen LogP contribution < -0.4 is 14.8 Å². The number of pyridine rings is 1. The van der Waals surface area contributed by atoms with E-state index in [1.54, 1.807) is 14.2 Å². The average molecular weight is 395 g/mol. The van der Waals surface area contributed by atoms with Gasteiger partial charge in [-0.2, -0.15) is 0 Å². The highest BCUT2D eigenvalue weighted by molar-refractivity contribution is 6.06. The summed E-state index contributed by atoms with van der Waals surface area (Å²) in [5.41, 5.74) is 4.51. The number of amides is 1. The molecule has 1 saturated carbocycles. The largest absolute Gasteiger partial charge is 0.493 e. The van der Waals surface area contributed by atoms with E-state index in [2.05, 4.69) is 15.5 Å². The minimum absolute atomic E-state index is 0.174. The summed E-state index contributed by atoms with van der Waals surface area (Å²) < 4.78 is 16.1. The lowest BCUT2D eigenvalue weighted by atomic mass is 10.0. The molecule has 1 aromatic carbocycles. The maximum absolute atomic E-state index is 13.2. The van der Waals surface area contributed by atoms with Crippen LogP contribution in [0.25, 0.3) is 11.1 Å². The Bertz CT molecular complexity index is 1090. The summed E-state index contributed by atoms with van der Waals surface area (Å²) in [5.74, 6) is 1.53. The summed E-state index contributed by atoms with van der Waals surface area (Å²) in [7, 11) is 3.21. The lowest BCUT2D eigenvalue weighted by Gasteiger charge is -2.19. The van der Waals surface area contributed by atoms with Crippen LogP contribution in [0.2, 0.25) is 0 Å². The molecule has 1 atom stereocenters. The van der Waals surface area contributed by atoms with Crippen LogP contribution in [0, 0.1) is 13.8 Å². The molecule has 1 aliphatic rings. The highest BCUT2D eigenvalue weighted by Gasteiger charge is 2.29. The fraction of sp³-hybridized carbons (Fsp3) is 0.409. The molecule has 0 bridgehead atoms. The molecule has 29 heavy (non-hydrogen) atoms. The first-order valence-corrected chi connectivity index (χ1v) is 9.73. The van der Waals surface area contributed by atoms with Crippen LogP contribution in [-0.4, -0.2) is 30.3 Å². The van der Waals surface area contributed by atoms with Crippen molar-refractivity contribution in [3.8, 4) is 11.5 Å². The second-order valence-electron chi connectivity index (χ2n) is 7.58. The van der Waals surface area contributed by atoms with Crippen molar-refractivity contribution in [1.82, 2.24) is 15.5 Å². The third kappa shape index (κ3) is 3.52. The first-order chi connectivity index (χ1) is 13.9. The van der Waals surface area contributed by atoms with Gasteiger partial charge in [-0.25, -0.2) is 4.98 Å². The van der Waals surface area contributed by atoms with Crippen molar-refractivity contribution in [2.75, 3.05) is 14.2 Å². The molecule has 1 unspecified atom stereocenters. The number of carbonyl (C=O) groups excluding carboxylic acids is 1. The normalized spacial score (nSPS) is 14.7. The minimum Gasteiger partial charge on any atom is -0.493 e. The zero-order valence-corrected chi connectivity index (χ0v) is 17.3. The summed E-state index contributed by atoms with van der Waals surface area (Å²) in [6.45, 7) is 5.76. The molecule has 0 radical (unpaired) electrons. The fourth-order valence-electron chi connectivity index (χ4n) is 3.70. The molecule has 2 aromatic heterocycles. The molecule has 4 rings (SSSR count). The summed E-state index contributed by atoms with van der Waals surface area (Å²) in [6.07, 6.45) is 2.18. The molecule has 7 nitrogen and oxygen atoms in total. The first-order valence-electron chi connectivity index (χ1n) is 9.73. The second kappa shape index (κ2) is 7.39. The van der Waals surface area contributed by atoms with Gasteiger partial charge in [0, 0.05) is 11.6 Å². The quantitative estimate of drug-likeness (QED) is 0.672. The smallest absolute Gasteiger partial charge is 0.259 e. The number of hydrogen-bond donors (Lipinski definition) is 1. The van der Waals surface area contributed by atoms with Gasteiger partial charge in [0.05, 0.1) is 36.9 Å². The number of fused-ring (bicyclic) bond motifs is 1. The number of benzene rings is 1. The number of aryl methyl sites for hydroxylation is 2. The second-order valence-corrected chi connectivity index (χ2v) is 7.58. The van der Waals surface area contributed by atoms with Crippen LogP contribution in [-0.2, 0) is 0 Å². The van der Waals surface area contributed by atoms with Crippen LogP contribution in [0.1, 0.15) is 64.6 Å². The van der Waals surface area contributed by atoms with Crippen LogP contribution in [0.15, 0.2) is 22.7 Å². The number of rotatable bonds is 6. The maximum atomic E-state index is 13.2. The van der Waals surface area contributed by atoms with Crippen molar-refractivity contribution in [2.45, 2.75) is 45.6 Å². The molecule has 0 spiro atoms. The minimum atomic E-state index is -0.227. The van der Waals surface area contributed by atoms with Gasteiger partial charge in [0.1, 0.15) is 0 Å². The Morgan fingerprint density at radius 2 is 1.86 bits per heavy atom. The highest BCUT2D eigenvalue weighted by Crippen LogP contribution is 2.40. The zero-order chi connectivity index (χ0) is 20.7. The van der Waals surface area contributed by atoms with Crippen LogP contribution in [0.4, 0.5) is 0 Å². The van der Waals surface area contributed by atoms with Gasteiger partial charge in [0.15, 0.2) is 11.5 Å². The highest BCUT2D eigenvalue weighted by atomic mass is 16.5. The molecule has 0 saturated heterocycles. The number of carbonyl (C=O) groups is 1. The van der Waals surface area contributed by atoms with E-state index < -0.39 is 0 Å². The summed E-state index contributed by atoms with van der Waals surface area (Å²) in [5, 5.41) is 7.78. The van der Waals surface area contributed by atoms with Crippen molar-refractivity contribution < 1.29 is 18.8 Å². The number of nitrogens with zero attached hydrogens (tertiary/aromatic N) is 2. The third-order valence-corrected chi connectivity index (χ3v) is 5.46. The fourth-order valence-corrected chi connectivity index (χ4v) is 3.70. The molecule has 1 N–H and O–H groups in total. The molecule has 1 fully saturated rings. The Hall–Kier alpha value is -3.09. The standard InChI is InChI=1S/C22H25N3O4/c1-11-8-18(27-4)19(28-5)10-15(11)12(2)23-21(26)16-9-17(14-6-7-14)24-22-20(16)13(3)25-29-22/h8-10,12,14H,6-7H2,1-5H3,(H,23,26). The molecule has 1 aliphatic carbocycles. The van der Waals surface area contributed by atoms with E-state index in [9.17, 15) is 4.79 Å². The van der Waals surface area contributed by atoms with Gasteiger partial charge < -0.3 is 19.3 Å². The average Bonchev–Trinajstić information content (AvgIpc) is 3.50. The molecular formula is C22H25N3O4. The van der Waals surface area contributed by atoms with Crippen LogP contribution >= 0.6 is 0 Å². The molecular weight excluding hydrogens is 370 g/mol. The van der Waals surface area contributed by atoms with Crippen LogP contribution in [0.5, 0.6) is 11.5 Å². The van der Waals surface area contributed by atoms with E-state index in [0.29, 0.717) is 39.8 Å². The molecule has 1 amide bonds. The number of nitrogens with one attached hydrogen (secondary N) is 1. The van der Waals surface area contributed by atoms with E-state index >= 15 is 0 Å². The Morgan fingerprint density at radius 1 is 1.17 bits per heavy atom. The van der Waals surface area contributed by atoms with Gasteiger partial charge in [-0.1, -0.05) is 5.16 Å². The monoisotopic (exact) mass is 395 g/mol. The zero-order valence-electron chi connectivity index (χ0n) is 17.3. The Labute approximate surface area is 169 Å². The Balaban J connectivity index is 1.67. The van der Waals surface area contributed by atoms with Crippen molar-refractivity contribution in [1.29, 1.82) is 0 Å². The molecule has 3 aromatic rings. The predicted octanol–water partition coefficient (Wildman–Crippen LogP) is 4.23. The van der Waals surface area contributed by atoms with E-state index in [-0.39, 0.29) is 11.9 Å². The molecule has 152 valence electrons. The maximum Gasteiger partial charge on any atom is 0.259 e. The number of ether oxygens (including phenoxy) is 2. The van der Waals surface area contributed by atoms with Crippen LogP contribution in [0.3, 0.4) is 0 Å². The summed E-state index contributed by atoms with van der Waals surface area (Å²) in [6, 6.07) is 5.47. The van der Waals surface area contributed by atoms with Crippen molar-refractivity contribution in [3.63, 3.8) is 0 Å². The number of aromatic nitrogens is 2. The summed E-state index contributed by atoms with van der Waals surface area (Å²) >= 11 is 0. The molecule has 7 heteroatoms. The van der Waals surface area contributed by atoms with Gasteiger partial charge in [-0.15, -0.1) is 0 Å². The molecule has 0 aliphatic heterocycles. The Morgan fingerprint density at radius 3 is 2.52 bits per heavy atom. The van der Waals surface area contributed by atoms with E-state index in [0.717, 1.165) is 29.7 Å². The Kier molecular flexibility index (Phi) is 4.90. The topological polar surface area (TPSA) is 86.5 Å².